The maximum atomic E-state index is 15.2. The van der Waals surface area contributed by atoms with Crippen molar-refractivity contribution in [2.24, 2.45) is 5.92 Å². The van der Waals surface area contributed by atoms with E-state index in [0.29, 0.717) is 6.42 Å². The lowest BCUT2D eigenvalue weighted by Gasteiger charge is -2.61. The number of carbonyl (C=O) groups excluding carboxylic acids is 1. The Labute approximate surface area is 187 Å². The third-order valence-electron chi connectivity index (χ3n) is 7.23. The molecule has 4 saturated carbocycles. The minimum absolute atomic E-state index is 0.0319. The van der Waals surface area contributed by atoms with Crippen LogP contribution in [0.2, 0.25) is 0 Å². The topological polar surface area (TPSA) is 92.3 Å². The van der Waals surface area contributed by atoms with Crippen LogP contribution in [0.15, 0.2) is 6.20 Å². The van der Waals surface area contributed by atoms with Crippen molar-refractivity contribution in [3.05, 3.63) is 17.5 Å². The van der Waals surface area contributed by atoms with E-state index < -0.39 is 56.0 Å². The summed E-state index contributed by atoms with van der Waals surface area (Å²) in [5, 5.41) is 2.80. The zero-order valence-corrected chi connectivity index (χ0v) is 18.4. The van der Waals surface area contributed by atoms with Gasteiger partial charge in [-0.3, -0.25) is 4.79 Å². The normalized spacial score (nSPS) is 37.2. The molecule has 2 heterocycles. The summed E-state index contributed by atoms with van der Waals surface area (Å²) in [6.07, 6.45) is -3.60. The number of anilines is 1. The van der Waals surface area contributed by atoms with Gasteiger partial charge in [0.05, 0.1) is 17.1 Å². The van der Waals surface area contributed by atoms with E-state index in [1.807, 2.05) is 0 Å². The molecule has 33 heavy (non-hydrogen) atoms. The van der Waals surface area contributed by atoms with Gasteiger partial charge in [-0.25, -0.2) is 27.2 Å². The molecule has 0 spiro atoms. The van der Waals surface area contributed by atoms with E-state index in [1.165, 1.54) is 0 Å². The van der Waals surface area contributed by atoms with Crippen molar-refractivity contribution in [1.82, 2.24) is 14.9 Å². The van der Waals surface area contributed by atoms with Gasteiger partial charge in [0, 0.05) is 44.1 Å². The quantitative estimate of drug-likeness (QED) is 0.650. The van der Waals surface area contributed by atoms with E-state index in [4.69, 9.17) is 0 Å². The van der Waals surface area contributed by atoms with E-state index in [0.717, 1.165) is 11.1 Å². The molecule has 1 saturated heterocycles. The number of aromatic nitrogens is 2. The first-order valence-corrected chi connectivity index (χ1v) is 12.6. The number of alkyl halides is 5. The maximum Gasteiger partial charge on any atom is 0.434 e. The minimum atomic E-state index is -4.99. The van der Waals surface area contributed by atoms with Crippen LogP contribution in [0.5, 0.6) is 0 Å². The van der Waals surface area contributed by atoms with Gasteiger partial charge in [0.15, 0.2) is 15.5 Å². The summed E-state index contributed by atoms with van der Waals surface area (Å²) in [6.45, 7) is -0.444. The minimum Gasteiger partial charge on any atom is -0.349 e. The number of nitrogens with one attached hydrogen (secondary N) is 1. The van der Waals surface area contributed by atoms with Gasteiger partial charge in [0.25, 0.3) is 5.91 Å². The van der Waals surface area contributed by atoms with Crippen LogP contribution in [-0.4, -0.2) is 70.7 Å². The number of nitrogens with zero attached hydrogens (tertiary/aromatic N) is 3. The van der Waals surface area contributed by atoms with Crippen molar-refractivity contribution in [2.75, 3.05) is 29.9 Å². The Hall–Kier alpha value is -2.05. The van der Waals surface area contributed by atoms with Crippen LogP contribution in [0.25, 0.3) is 0 Å². The average Bonchev–Trinajstić information content (AvgIpc) is 2.63. The van der Waals surface area contributed by atoms with Crippen molar-refractivity contribution < 1.29 is 35.2 Å². The van der Waals surface area contributed by atoms with Crippen LogP contribution in [0.3, 0.4) is 0 Å². The number of carbonyl (C=O) groups is 1. The molecule has 7 nitrogen and oxygen atoms in total. The highest BCUT2D eigenvalue weighted by molar-refractivity contribution is 7.91. The monoisotopic (exact) mass is 494 g/mol. The molecule has 6 rings (SSSR count). The largest absolute Gasteiger partial charge is 0.434 e. The first kappa shape index (κ1) is 22.7. The molecule has 1 aromatic rings. The molecule has 4 bridgehead atoms. The van der Waals surface area contributed by atoms with Gasteiger partial charge in [-0.15, -0.1) is 0 Å². The second-order valence-corrected chi connectivity index (χ2v) is 12.4. The lowest BCUT2D eigenvalue weighted by Crippen LogP contribution is -2.65. The van der Waals surface area contributed by atoms with Gasteiger partial charge >= 0.3 is 6.18 Å². The third-order valence-corrected chi connectivity index (χ3v) is 8.84. The number of sulfone groups is 1. The molecular formula is C20H23F5N4O3S. The maximum absolute atomic E-state index is 15.2. The van der Waals surface area contributed by atoms with Crippen molar-refractivity contribution in [2.45, 2.75) is 61.6 Å². The Kier molecular flexibility index (Phi) is 4.81. The molecule has 1 aliphatic heterocycles. The predicted octanol–water partition coefficient (Wildman–Crippen LogP) is 2.93. The predicted molar refractivity (Wildman–Crippen MR) is 107 cm³/mol. The molecule has 2 unspecified atom stereocenters. The molecule has 1 aromatic heterocycles. The van der Waals surface area contributed by atoms with Crippen molar-refractivity contribution in [3.8, 4) is 0 Å². The van der Waals surface area contributed by atoms with Crippen LogP contribution in [-0.2, 0) is 16.0 Å². The molecule has 1 N–H and O–H groups in total. The number of halogens is 5. The van der Waals surface area contributed by atoms with E-state index >= 15 is 8.78 Å². The van der Waals surface area contributed by atoms with Crippen molar-refractivity contribution in [1.29, 1.82) is 0 Å². The SMILES string of the molecule is O=C(c1cnc(NC23CC4CC(F)(CC(F)(C4)C2)C3)nc1C(F)(F)F)N1CCS(=O)(=O)CC1. The van der Waals surface area contributed by atoms with Crippen LogP contribution >= 0.6 is 0 Å². The molecular weight excluding hydrogens is 471 g/mol. The summed E-state index contributed by atoms with van der Waals surface area (Å²) in [4.78, 5) is 21.2. The fraction of sp³-hybridized carbons (Fsp3) is 0.750. The molecule has 5 aliphatic rings. The Bertz CT molecular complexity index is 1080. The Morgan fingerprint density at radius 3 is 2.21 bits per heavy atom. The van der Waals surface area contributed by atoms with Gasteiger partial charge in [-0.05, 0) is 25.2 Å². The van der Waals surface area contributed by atoms with Crippen molar-refractivity contribution >= 4 is 21.7 Å². The van der Waals surface area contributed by atoms with E-state index in [9.17, 15) is 26.4 Å². The fourth-order valence-electron chi connectivity index (χ4n) is 6.48. The van der Waals surface area contributed by atoms with Gasteiger partial charge in [0.1, 0.15) is 11.3 Å². The molecule has 5 fully saturated rings. The summed E-state index contributed by atoms with van der Waals surface area (Å²) < 4.78 is 94.9. The lowest BCUT2D eigenvalue weighted by atomic mass is 9.50. The second-order valence-electron chi connectivity index (χ2n) is 10.1. The Balaban J connectivity index is 1.43. The first-order valence-electron chi connectivity index (χ1n) is 10.8. The second kappa shape index (κ2) is 6.98. The molecule has 2 atom stereocenters. The average molecular weight is 494 g/mol. The summed E-state index contributed by atoms with van der Waals surface area (Å²) in [5.41, 5.74) is -6.76. The zero-order chi connectivity index (χ0) is 23.9. The van der Waals surface area contributed by atoms with Gasteiger partial charge in [0.2, 0.25) is 5.95 Å². The molecule has 0 radical (unpaired) electrons. The number of hydrogen-bond donors (Lipinski definition) is 1. The van der Waals surface area contributed by atoms with E-state index in [2.05, 4.69) is 15.3 Å². The highest BCUT2D eigenvalue weighted by atomic mass is 32.2. The van der Waals surface area contributed by atoms with Crippen LogP contribution in [0, 0.1) is 5.92 Å². The Morgan fingerprint density at radius 2 is 1.67 bits per heavy atom. The smallest absolute Gasteiger partial charge is 0.349 e. The highest BCUT2D eigenvalue weighted by Gasteiger charge is 2.65. The first-order chi connectivity index (χ1) is 15.2. The summed E-state index contributed by atoms with van der Waals surface area (Å²) in [6, 6.07) is 0. The third kappa shape index (κ3) is 4.17. The van der Waals surface area contributed by atoms with Gasteiger partial charge < -0.3 is 10.2 Å². The molecule has 182 valence electrons. The number of amides is 1. The summed E-state index contributed by atoms with van der Waals surface area (Å²) >= 11 is 0. The molecule has 13 heteroatoms. The van der Waals surface area contributed by atoms with Crippen molar-refractivity contribution in [3.63, 3.8) is 0 Å². The fourth-order valence-corrected chi connectivity index (χ4v) is 7.68. The standard InChI is InChI=1S/C20H23F5N4O3S/c21-17-5-12-6-18(22,9-17)11-19(7-12,10-17)28-16-26-8-13(14(27-16)20(23,24)25)15(30)29-1-3-33(31,32)4-2-29/h8,12H,1-7,9-11H2,(H,26,27,28). The summed E-state index contributed by atoms with van der Waals surface area (Å²) in [5.74, 6) is -2.32. The van der Waals surface area contributed by atoms with E-state index in [1.54, 1.807) is 0 Å². The molecule has 4 aliphatic carbocycles. The van der Waals surface area contributed by atoms with Gasteiger partial charge in [-0.2, -0.15) is 13.2 Å². The van der Waals surface area contributed by atoms with Crippen LogP contribution < -0.4 is 5.32 Å². The zero-order valence-electron chi connectivity index (χ0n) is 17.6. The highest BCUT2D eigenvalue weighted by Crippen LogP contribution is 2.62. The lowest BCUT2D eigenvalue weighted by molar-refractivity contribution is -0.142. The number of rotatable bonds is 3. The van der Waals surface area contributed by atoms with E-state index in [-0.39, 0.29) is 62.6 Å². The van der Waals surface area contributed by atoms with Crippen LogP contribution in [0.1, 0.15) is 54.6 Å². The summed E-state index contributed by atoms with van der Waals surface area (Å²) in [7, 11) is -3.33. The van der Waals surface area contributed by atoms with Gasteiger partial charge in [-0.1, -0.05) is 0 Å². The molecule has 0 aromatic carbocycles. The number of hydrogen-bond acceptors (Lipinski definition) is 6. The molecule has 1 amide bonds. The Morgan fingerprint density at radius 1 is 1.06 bits per heavy atom. The van der Waals surface area contributed by atoms with Crippen LogP contribution in [0.4, 0.5) is 27.9 Å².